The number of hydrogen-bond donors (Lipinski definition) is 0. The van der Waals surface area contributed by atoms with E-state index in [-0.39, 0.29) is 0 Å². The Morgan fingerprint density at radius 1 is 1.00 bits per heavy atom. The molecule has 0 fully saturated rings. The van der Waals surface area contributed by atoms with Gasteiger partial charge in [0.1, 0.15) is 11.5 Å². The Kier molecular flexibility index (Phi) is 3.14. The van der Waals surface area contributed by atoms with Crippen LogP contribution < -0.4 is 4.74 Å². The van der Waals surface area contributed by atoms with Crippen LogP contribution in [0.25, 0.3) is 0 Å². The van der Waals surface area contributed by atoms with E-state index in [2.05, 4.69) is 6.07 Å². The van der Waals surface area contributed by atoms with Crippen LogP contribution in [0, 0.1) is 6.07 Å². The van der Waals surface area contributed by atoms with Gasteiger partial charge in [-0.05, 0) is 36.4 Å². The van der Waals surface area contributed by atoms with Crippen molar-refractivity contribution in [2.75, 3.05) is 0 Å². The number of benzene rings is 2. The average Bonchev–Trinajstić information content (AvgIpc) is 2.17. The molecule has 0 heterocycles. The molecule has 0 spiro atoms. The lowest BCUT2D eigenvalue weighted by atomic mass is 10.3. The second-order valence-electron chi connectivity index (χ2n) is 2.95. The number of hydrogen-bond acceptors (Lipinski definition) is 1. The highest BCUT2D eigenvalue weighted by molar-refractivity contribution is 6.34. The molecule has 1 nitrogen and oxygen atoms in total. The van der Waals surface area contributed by atoms with Crippen LogP contribution in [0.5, 0.6) is 11.5 Å². The van der Waals surface area contributed by atoms with Crippen molar-refractivity contribution >= 4 is 23.2 Å². The molecule has 0 atom stereocenters. The van der Waals surface area contributed by atoms with Crippen molar-refractivity contribution in [3.8, 4) is 11.5 Å². The molecule has 2 aromatic rings. The van der Waals surface area contributed by atoms with Gasteiger partial charge in [-0.3, -0.25) is 0 Å². The summed E-state index contributed by atoms with van der Waals surface area (Å²) in [6.45, 7) is 0. The van der Waals surface area contributed by atoms with Crippen LogP contribution in [-0.2, 0) is 0 Å². The van der Waals surface area contributed by atoms with Gasteiger partial charge >= 0.3 is 0 Å². The number of rotatable bonds is 2. The van der Waals surface area contributed by atoms with E-state index >= 15 is 0 Å². The zero-order valence-corrected chi connectivity index (χ0v) is 9.22. The molecule has 0 saturated heterocycles. The minimum atomic E-state index is 0.553. The fourth-order valence-corrected chi connectivity index (χ4v) is 1.67. The summed E-state index contributed by atoms with van der Waals surface area (Å²) in [5.41, 5.74) is 0. The van der Waals surface area contributed by atoms with Crippen molar-refractivity contribution in [3.05, 3.63) is 58.6 Å². The van der Waals surface area contributed by atoms with Crippen LogP contribution in [-0.4, -0.2) is 0 Å². The third-order valence-electron chi connectivity index (χ3n) is 1.75. The van der Waals surface area contributed by atoms with Gasteiger partial charge in [0.25, 0.3) is 0 Å². The third kappa shape index (κ3) is 2.88. The zero-order chi connectivity index (χ0) is 10.7. The van der Waals surface area contributed by atoms with Gasteiger partial charge in [0.15, 0.2) is 0 Å². The first-order chi connectivity index (χ1) is 7.24. The normalized spacial score (nSPS) is 10.0. The van der Waals surface area contributed by atoms with Crippen molar-refractivity contribution in [1.82, 2.24) is 0 Å². The van der Waals surface area contributed by atoms with E-state index in [0.717, 1.165) is 0 Å². The maximum Gasteiger partial charge on any atom is 0.130 e. The molecule has 0 aliphatic rings. The molecule has 0 saturated carbocycles. The van der Waals surface area contributed by atoms with E-state index in [1.54, 1.807) is 30.3 Å². The highest BCUT2D eigenvalue weighted by Gasteiger charge is 2.00. The fraction of sp³-hybridized carbons (Fsp3) is 0. The summed E-state index contributed by atoms with van der Waals surface area (Å²) >= 11 is 11.7. The highest BCUT2D eigenvalue weighted by Crippen LogP contribution is 2.27. The topological polar surface area (TPSA) is 9.23 Å². The Hall–Kier alpha value is -1.18. The molecule has 2 aromatic carbocycles. The van der Waals surface area contributed by atoms with Crippen LogP contribution in [0.4, 0.5) is 0 Å². The second-order valence-corrected chi connectivity index (χ2v) is 3.82. The van der Waals surface area contributed by atoms with E-state index in [1.807, 2.05) is 12.1 Å². The summed E-state index contributed by atoms with van der Waals surface area (Å²) in [5.74, 6) is 1.32. The smallest absolute Gasteiger partial charge is 0.130 e. The summed E-state index contributed by atoms with van der Waals surface area (Å²) in [5, 5.41) is 1.11. The maximum atomic E-state index is 5.84. The van der Waals surface area contributed by atoms with Gasteiger partial charge in [0.2, 0.25) is 0 Å². The Bertz CT molecular complexity index is 434. The van der Waals surface area contributed by atoms with Gasteiger partial charge in [-0.15, -0.1) is 0 Å². The van der Waals surface area contributed by atoms with E-state index in [0.29, 0.717) is 21.5 Å². The van der Waals surface area contributed by atoms with E-state index in [1.165, 1.54) is 0 Å². The third-order valence-corrected chi connectivity index (χ3v) is 2.19. The lowest BCUT2D eigenvalue weighted by Gasteiger charge is -2.05. The first-order valence-corrected chi connectivity index (χ1v) is 5.10. The van der Waals surface area contributed by atoms with Gasteiger partial charge in [-0.1, -0.05) is 35.3 Å². The van der Waals surface area contributed by atoms with E-state index in [9.17, 15) is 0 Å². The second kappa shape index (κ2) is 4.56. The van der Waals surface area contributed by atoms with Crippen molar-refractivity contribution in [3.63, 3.8) is 0 Å². The van der Waals surface area contributed by atoms with Crippen LogP contribution in [0.3, 0.4) is 0 Å². The molecule has 2 rings (SSSR count). The maximum absolute atomic E-state index is 5.84. The fourth-order valence-electron chi connectivity index (χ4n) is 1.16. The zero-order valence-electron chi connectivity index (χ0n) is 7.71. The Morgan fingerprint density at radius 2 is 1.73 bits per heavy atom. The summed E-state index contributed by atoms with van der Waals surface area (Å²) in [6.07, 6.45) is 0. The molecule has 0 N–H and O–H groups in total. The van der Waals surface area contributed by atoms with Crippen LogP contribution in [0.2, 0.25) is 10.0 Å². The summed E-state index contributed by atoms with van der Waals surface area (Å²) in [4.78, 5) is 0. The molecule has 0 aliphatic heterocycles. The molecule has 0 unspecified atom stereocenters. The summed E-state index contributed by atoms with van der Waals surface area (Å²) in [7, 11) is 0. The monoisotopic (exact) mass is 237 g/mol. The van der Waals surface area contributed by atoms with Crippen molar-refractivity contribution in [2.24, 2.45) is 0 Å². The predicted molar refractivity (Wildman–Crippen MR) is 61.8 cm³/mol. The van der Waals surface area contributed by atoms with Crippen LogP contribution in [0.1, 0.15) is 0 Å². The Balaban J connectivity index is 2.25. The highest BCUT2D eigenvalue weighted by atomic mass is 35.5. The lowest BCUT2D eigenvalue weighted by Crippen LogP contribution is -1.83. The van der Waals surface area contributed by atoms with E-state index < -0.39 is 0 Å². The Morgan fingerprint density at radius 3 is 2.33 bits per heavy atom. The Labute approximate surface area is 98.2 Å². The predicted octanol–water partition coefficient (Wildman–Crippen LogP) is 4.59. The number of halogens is 2. The number of ether oxygens (including phenoxy) is 1. The molecule has 0 amide bonds. The van der Waals surface area contributed by atoms with Crippen LogP contribution >= 0.6 is 23.2 Å². The molecular weight excluding hydrogens is 231 g/mol. The first kappa shape index (κ1) is 10.3. The van der Waals surface area contributed by atoms with E-state index in [4.69, 9.17) is 27.9 Å². The minimum Gasteiger partial charge on any atom is -0.457 e. The molecule has 75 valence electrons. The largest absolute Gasteiger partial charge is 0.457 e. The molecule has 3 heteroatoms. The average molecular weight is 238 g/mol. The molecule has 0 bridgehead atoms. The van der Waals surface area contributed by atoms with Crippen molar-refractivity contribution in [2.45, 2.75) is 0 Å². The first-order valence-electron chi connectivity index (χ1n) is 4.34. The SMILES string of the molecule is Clc1cc(Cl)cc(Oc2c[c]ccc2)c1. The van der Waals surface area contributed by atoms with Crippen molar-refractivity contribution < 1.29 is 4.74 Å². The lowest BCUT2D eigenvalue weighted by molar-refractivity contribution is 0.482. The van der Waals surface area contributed by atoms with Gasteiger partial charge in [-0.2, -0.15) is 0 Å². The molecular formula is C12H7Cl2O. The molecule has 15 heavy (non-hydrogen) atoms. The molecule has 0 aromatic heterocycles. The van der Waals surface area contributed by atoms with Gasteiger partial charge in [-0.25, -0.2) is 0 Å². The molecule has 0 aliphatic carbocycles. The van der Waals surface area contributed by atoms with Crippen LogP contribution in [0.15, 0.2) is 42.5 Å². The van der Waals surface area contributed by atoms with Gasteiger partial charge in [0, 0.05) is 10.0 Å². The van der Waals surface area contributed by atoms with Gasteiger partial charge in [0.05, 0.1) is 0 Å². The van der Waals surface area contributed by atoms with Crippen molar-refractivity contribution in [1.29, 1.82) is 0 Å². The quantitative estimate of drug-likeness (QED) is 0.743. The minimum absolute atomic E-state index is 0.553. The van der Waals surface area contributed by atoms with Gasteiger partial charge < -0.3 is 4.74 Å². The standard InChI is InChI=1S/C12H7Cl2O/c13-9-6-10(14)8-12(7-9)15-11-4-2-1-3-5-11/h1-2,4-8H. The molecule has 1 radical (unpaired) electrons. The summed E-state index contributed by atoms with van der Waals surface area (Å²) < 4.78 is 5.54. The summed E-state index contributed by atoms with van der Waals surface area (Å²) in [6, 6.07) is 15.2.